The number of anilines is 2. The van der Waals surface area contributed by atoms with Crippen LogP contribution in [0.4, 0.5) is 11.4 Å². The maximum atomic E-state index is 12.4. The van der Waals surface area contributed by atoms with Gasteiger partial charge in [0.2, 0.25) is 5.91 Å². The van der Waals surface area contributed by atoms with Crippen molar-refractivity contribution < 1.29 is 9.53 Å². The predicted molar refractivity (Wildman–Crippen MR) is 98.3 cm³/mol. The van der Waals surface area contributed by atoms with Gasteiger partial charge in [-0.25, -0.2) is 0 Å². The average Bonchev–Trinajstić information content (AvgIpc) is 2.59. The molecule has 0 atom stereocenters. The van der Waals surface area contributed by atoms with E-state index in [-0.39, 0.29) is 12.3 Å². The van der Waals surface area contributed by atoms with Gasteiger partial charge in [-0.1, -0.05) is 41.4 Å². The van der Waals surface area contributed by atoms with Crippen LogP contribution in [0.5, 0.6) is 0 Å². The number of carbonyl (C=O) groups is 1. The van der Waals surface area contributed by atoms with Crippen molar-refractivity contribution in [3.8, 4) is 0 Å². The first-order valence-electron chi connectivity index (χ1n) is 7.79. The van der Waals surface area contributed by atoms with Crippen molar-refractivity contribution in [1.82, 2.24) is 0 Å². The SMILES string of the molecule is O=C(Cc1ccc(Cl)cc1Cl)Nc1ccccc1N1CCOCC1. The van der Waals surface area contributed by atoms with Gasteiger partial charge in [0.15, 0.2) is 0 Å². The summed E-state index contributed by atoms with van der Waals surface area (Å²) >= 11 is 12.0. The van der Waals surface area contributed by atoms with Gasteiger partial charge in [-0.3, -0.25) is 4.79 Å². The van der Waals surface area contributed by atoms with Crippen molar-refractivity contribution in [2.75, 3.05) is 36.5 Å². The molecule has 4 nitrogen and oxygen atoms in total. The summed E-state index contributed by atoms with van der Waals surface area (Å²) in [5.74, 6) is -0.111. The molecule has 1 amide bonds. The third kappa shape index (κ3) is 4.20. The lowest BCUT2D eigenvalue weighted by Crippen LogP contribution is -2.36. The van der Waals surface area contributed by atoms with Gasteiger partial charge in [-0.2, -0.15) is 0 Å². The van der Waals surface area contributed by atoms with E-state index in [9.17, 15) is 4.79 Å². The molecule has 2 aromatic rings. The van der Waals surface area contributed by atoms with Crippen LogP contribution in [-0.2, 0) is 16.0 Å². The molecule has 0 bridgehead atoms. The Morgan fingerprint density at radius 3 is 2.62 bits per heavy atom. The zero-order valence-electron chi connectivity index (χ0n) is 13.1. The first-order chi connectivity index (χ1) is 11.6. The Labute approximate surface area is 151 Å². The first kappa shape index (κ1) is 17.1. The summed E-state index contributed by atoms with van der Waals surface area (Å²) in [6.07, 6.45) is 0.202. The number of nitrogens with one attached hydrogen (secondary N) is 1. The zero-order chi connectivity index (χ0) is 16.9. The fraction of sp³-hybridized carbons (Fsp3) is 0.278. The summed E-state index contributed by atoms with van der Waals surface area (Å²) in [5, 5.41) is 4.04. The number of amides is 1. The summed E-state index contributed by atoms with van der Waals surface area (Å²) in [7, 11) is 0. The molecule has 0 saturated carbocycles. The quantitative estimate of drug-likeness (QED) is 0.890. The van der Waals surface area contributed by atoms with Crippen LogP contribution in [0.15, 0.2) is 42.5 Å². The van der Waals surface area contributed by atoms with Crippen LogP contribution >= 0.6 is 23.2 Å². The lowest BCUT2D eigenvalue weighted by molar-refractivity contribution is -0.115. The summed E-state index contributed by atoms with van der Waals surface area (Å²) in [4.78, 5) is 14.6. The number of rotatable bonds is 4. The number of ether oxygens (including phenoxy) is 1. The largest absolute Gasteiger partial charge is 0.378 e. The van der Waals surface area contributed by atoms with E-state index in [2.05, 4.69) is 10.2 Å². The van der Waals surface area contributed by atoms with Gasteiger partial charge in [0, 0.05) is 23.1 Å². The van der Waals surface area contributed by atoms with E-state index in [1.807, 2.05) is 24.3 Å². The highest BCUT2D eigenvalue weighted by Gasteiger charge is 2.16. The molecule has 1 aliphatic heterocycles. The van der Waals surface area contributed by atoms with Crippen LogP contribution in [0, 0.1) is 0 Å². The molecule has 2 aromatic carbocycles. The van der Waals surface area contributed by atoms with Gasteiger partial charge in [0.05, 0.1) is 31.0 Å². The number of para-hydroxylation sites is 2. The molecule has 6 heteroatoms. The van der Waals surface area contributed by atoms with E-state index in [1.165, 1.54) is 0 Å². The fourth-order valence-electron chi connectivity index (χ4n) is 2.69. The second-order valence-electron chi connectivity index (χ2n) is 5.58. The molecule has 0 aromatic heterocycles. The average molecular weight is 365 g/mol. The van der Waals surface area contributed by atoms with Crippen molar-refractivity contribution in [2.45, 2.75) is 6.42 Å². The van der Waals surface area contributed by atoms with E-state index in [0.29, 0.717) is 23.3 Å². The van der Waals surface area contributed by atoms with E-state index in [4.69, 9.17) is 27.9 Å². The molecule has 0 spiro atoms. The summed E-state index contributed by atoms with van der Waals surface area (Å²) in [6, 6.07) is 13.0. The molecule has 1 N–H and O–H groups in total. The normalized spacial score (nSPS) is 14.5. The number of carbonyl (C=O) groups excluding carboxylic acids is 1. The molecule has 126 valence electrons. The summed E-state index contributed by atoms with van der Waals surface area (Å²) in [6.45, 7) is 3.02. The Bertz CT molecular complexity index is 731. The van der Waals surface area contributed by atoms with Crippen LogP contribution < -0.4 is 10.2 Å². The van der Waals surface area contributed by atoms with Crippen LogP contribution in [0.3, 0.4) is 0 Å². The lowest BCUT2D eigenvalue weighted by Gasteiger charge is -2.30. The molecule has 0 radical (unpaired) electrons. The lowest BCUT2D eigenvalue weighted by atomic mass is 10.1. The Morgan fingerprint density at radius 1 is 1.12 bits per heavy atom. The van der Waals surface area contributed by atoms with Crippen LogP contribution in [0.25, 0.3) is 0 Å². The number of hydrogen-bond acceptors (Lipinski definition) is 3. The van der Waals surface area contributed by atoms with Crippen molar-refractivity contribution in [2.24, 2.45) is 0 Å². The van der Waals surface area contributed by atoms with E-state index in [1.54, 1.807) is 18.2 Å². The van der Waals surface area contributed by atoms with Crippen molar-refractivity contribution >= 4 is 40.5 Å². The molecule has 1 fully saturated rings. The van der Waals surface area contributed by atoms with Gasteiger partial charge in [0.1, 0.15) is 0 Å². The molecule has 0 aliphatic carbocycles. The number of hydrogen-bond donors (Lipinski definition) is 1. The second-order valence-corrected chi connectivity index (χ2v) is 6.42. The smallest absolute Gasteiger partial charge is 0.228 e. The molecular weight excluding hydrogens is 347 g/mol. The first-order valence-corrected chi connectivity index (χ1v) is 8.54. The Kier molecular flexibility index (Phi) is 5.61. The van der Waals surface area contributed by atoms with Gasteiger partial charge >= 0.3 is 0 Å². The number of benzene rings is 2. The van der Waals surface area contributed by atoms with Crippen LogP contribution in [0.2, 0.25) is 10.0 Å². The Morgan fingerprint density at radius 2 is 1.88 bits per heavy atom. The fourth-order valence-corrected chi connectivity index (χ4v) is 3.17. The molecule has 3 rings (SSSR count). The molecular formula is C18H18Cl2N2O2. The van der Waals surface area contributed by atoms with Gasteiger partial charge < -0.3 is 15.0 Å². The maximum Gasteiger partial charge on any atom is 0.228 e. The monoisotopic (exact) mass is 364 g/mol. The molecule has 1 saturated heterocycles. The molecule has 1 heterocycles. The van der Waals surface area contributed by atoms with E-state index < -0.39 is 0 Å². The standard InChI is InChI=1S/C18H18Cl2N2O2/c19-14-6-5-13(15(20)12-14)11-18(23)21-16-3-1-2-4-17(16)22-7-9-24-10-8-22/h1-6,12H,7-11H2,(H,21,23). The second kappa shape index (κ2) is 7.88. The maximum absolute atomic E-state index is 12.4. The third-order valence-electron chi connectivity index (χ3n) is 3.90. The minimum atomic E-state index is -0.111. The van der Waals surface area contributed by atoms with Gasteiger partial charge in [0.25, 0.3) is 0 Å². The van der Waals surface area contributed by atoms with E-state index in [0.717, 1.165) is 30.0 Å². The minimum absolute atomic E-state index is 0.111. The molecule has 0 unspecified atom stereocenters. The Balaban J connectivity index is 1.72. The topological polar surface area (TPSA) is 41.6 Å². The number of morpholine rings is 1. The van der Waals surface area contributed by atoms with Crippen molar-refractivity contribution in [3.63, 3.8) is 0 Å². The van der Waals surface area contributed by atoms with Crippen molar-refractivity contribution in [3.05, 3.63) is 58.1 Å². The molecule has 1 aliphatic rings. The van der Waals surface area contributed by atoms with Crippen LogP contribution in [0.1, 0.15) is 5.56 Å². The highest BCUT2D eigenvalue weighted by atomic mass is 35.5. The van der Waals surface area contributed by atoms with Crippen molar-refractivity contribution in [1.29, 1.82) is 0 Å². The minimum Gasteiger partial charge on any atom is -0.378 e. The van der Waals surface area contributed by atoms with Gasteiger partial charge in [-0.05, 0) is 29.8 Å². The Hall–Kier alpha value is -1.75. The van der Waals surface area contributed by atoms with Crippen LogP contribution in [-0.4, -0.2) is 32.2 Å². The number of halogens is 2. The third-order valence-corrected chi connectivity index (χ3v) is 4.48. The highest BCUT2D eigenvalue weighted by molar-refractivity contribution is 6.35. The highest BCUT2D eigenvalue weighted by Crippen LogP contribution is 2.27. The summed E-state index contributed by atoms with van der Waals surface area (Å²) in [5.41, 5.74) is 2.56. The molecule has 24 heavy (non-hydrogen) atoms. The van der Waals surface area contributed by atoms with E-state index >= 15 is 0 Å². The zero-order valence-corrected chi connectivity index (χ0v) is 14.6. The summed E-state index contributed by atoms with van der Waals surface area (Å²) < 4.78 is 5.39. The van der Waals surface area contributed by atoms with Gasteiger partial charge in [-0.15, -0.1) is 0 Å². The predicted octanol–water partition coefficient (Wildman–Crippen LogP) is 4.01. The number of nitrogens with zero attached hydrogens (tertiary/aromatic N) is 1.